The van der Waals surface area contributed by atoms with Crippen molar-refractivity contribution in [2.75, 3.05) is 31.1 Å². The molecular weight excluding hydrogens is 290 g/mol. The third-order valence-corrected chi connectivity index (χ3v) is 4.52. The van der Waals surface area contributed by atoms with Crippen molar-refractivity contribution >= 4 is 23.3 Å². The van der Waals surface area contributed by atoms with Gasteiger partial charge in [-0.2, -0.15) is 0 Å². The van der Waals surface area contributed by atoms with E-state index >= 15 is 0 Å². The molecule has 0 unspecified atom stereocenters. The van der Waals surface area contributed by atoms with Crippen molar-refractivity contribution < 1.29 is 9.53 Å². The number of fused-ring (bicyclic) bond motifs is 3. The van der Waals surface area contributed by atoms with Crippen LogP contribution in [0.4, 0.5) is 5.82 Å². The molecule has 0 aromatic carbocycles. The summed E-state index contributed by atoms with van der Waals surface area (Å²) in [6.45, 7) is 8.20. The van der Waals surface area contributed by atoms with Gasteiger partial charge in [0, 0.05) is 37.8 Å². The number of carbonyl (C=O) groups excluding carboxylic acids is 1. The van der Waals surface area contributed by atoms with Crippen LogP contribution in [0.3, 0.4) is 0 Å². The fourth-order valence-electron chi connectivity index (χ4n) is 2.93. The molecule has 1 saturated heterocycles. The summed E-state index contributed by atoms with van der Waals surface area (Å²) < 4.78 is 5.86. The lowest BCUT2D eigenvalue weighted by molar-refractivity contribution is -0.126. The Kier molecular flexibility index (Phi) is 3.76. The third kappa shape index (κ3) is 2.46. The monoisotopic (exact) mass is 307 g/mol. The van der Waals surface area contributed by atoms with Crippen LogP contribution in [-0.4, -0.2) is 48.1 Å². The molecule has 1 aromatic heterocycles. The fraction of sp³-hybridized carbons (Fsp3) is 0.467. The second-order valence-corrected chi connectivity index (χ2v) is 5.76. The van der Waals surface area contributed by atoms with Gasteiger partial charge in [0.05, 0.1) is 17.7 Å². The first-order valence-electron chi connectivity index (χ1n) is 7.07. The highest BCUT2D eigenvalue weighted by molar-refractivity contribution is 6.31. The number of ether oxygens (including phenoxy) is 1. The molecule has 112 valence electrons. The van der Waals surface area contributed by atoms with Gasteiger partial charge in [-0.1, -0.05) is 18.2 Å². The molecule has 1 amide bonds. The number of hydrogen-bond donors (Lipinski definition) is 0. The summed E-state index contributed by atoms with van der Waals surface area (Å²) >= 11 is 6.13. The van der Waals surface area contributed by atoms with Crippen molar-refractivity contribution in [1.29, 1.82) is 0 Å². The van der Waals surface area contributed by atoms with E-state index in [9.17, 15) is 4.79 Å². The first-order valence-corrected chi connectivity index (χ1v) is 7.45. The van der Waals surface area contributed by atoms with E-state index in [4.69, 9.17) is 16.3 Å². The number of hydrogen-bond acceptors (Lipinski definition) is 4. The molecule has 0 bridgehead atoms. The van der Waals surface area contributed by atoms with E-state index in [0.717, 1.165) is 30.1 Å². The van der Waals surface area contributed by atoms with E-state index in [0.29, 0.717) is 24.7 Å². The first-order chi connectivity index (χ1) is 10.1. The van der Waals surface area contributed by atoms with Crippen LogP contribution in [0, 0.1) is 6.92 Å². The minimum Gasteiger partial charge on any atom is -0.489 e. The van der Waals surface area contributed by atoms with Crippen LogP contribution in [0.2, 0.25) is 5.02 Å². The largest absolute Gasteiger partial charge is 0.489 e. The van der Waals surface area contributed by atoms with Gasteiger partial charge in [0.25, 0.3) is 0 Å². The van der Waals surface area contributed by atoms with Crippen LogP contribution in [0.1, 0.15) is 12.0 Å². The van der Waals surface area contributed by atoms with Crippen molar-refractivity contribution in [2.24, 2.45) is 0 Å². The van der Waals surface area contributed by atoms with E-state index < -0.39 is 0 Å². The molecule has 1 fully saturated rings. The Bertz CT molecular complexity index is 591. The molecule has 5 nitrogen and oxygen atoms in total. The Morgan fingerprint density at radius 2 is 2.38 bits per heavy atom. The zero-order chi connectivity index (χ0) is 15.0. The van der Waals surface area contributed by atoms with Crippen LogP contribution in [0.25, 0.3) is 0 Å². The van der Waals surface area contributed by atoms with Crippen molar-refractivity contribution in [3.8, 4) is 5.75 Å². The zero-order valence-corrected chi connectivity index (χ0v) is 12.8. The summed E-state index contributed by atoms with van der Waals surface area (Å²) in [5.74, 6) is 1.60. The van der Waals surface area contributed by atoms with Crippen molar-refractivity contribution in [3.05, 3.63) is 29.4 Å². The molecule has 21 heavy (non-hydrogen) atoms. The van der Waals surface area contributed by atoms with Gasteiger partial charge in [-0.05, 0) is 13.0 Å². The van der Waals surface area contributed by atoms with Crippen molar-refractivity contribution in [1.82, 2.24) is 9.88 Å². The van der Waals surface area contributed by atoms with E-state index in [2.05, 4.69) is 16.5 Å². The minimum atomic E-state index is -0.0136. The number of rotatable bonds is 1. The molecule has 0 aliphatic carbocycles. The number of carbonyl (C=O) groups is 1. The molecule has 0 N–H and O–H groups in total. The van der Waals surface area contributed by atoms with Gasteiger partial charge in [0.15, 0.2) is 11.6 Å². The van der Waals surface area contributed by atoms with Gasteiger partial charge in [0.1, 0.15) is 0 Å². The zero-order valence-electron chi connectivity index (χ0n) is 12.0. The third-order valence-electron chi connectivity index (χ3n) is 4.14. The lowest BCUT2D eigenvalue weighted by Crippen LogP contribution is -2.54. The highest BCUT2D eigenvalue weighted by Crippen LogP contribution is 2.38. The quantitative estimate of drug-likeness (QED) is 0.745. The molecule has 0 spiro atoms. The summed E-state index contributed by atoms with van der Waals surface area (Å²) in [4.78, 5) is 20.3. The molecule has 1 atom stereocenters. The summed E-state index contributed by atoms with van der Waals surface area (Å²) in [7, 11) is 0. The van der Waals surface area contributed by atoms with E-state index in [1.807, 2.05) is 11.8 Å². The van der Waals surface area contributed by atoms with Crippen LogP contribution in [-0.2, 0) is 4.79 Å². The van der Waals surface area contributed by atoms with Gasteiger partial charge >= 0.3 is 0 Å². The maximum Gasteiger partial charge on any atom is 0.246 e. The Hall–Kier alpha value is -1.75. The molecule has 1 aromatic rings. The average molecular weight is 308 g/mol. The number of aromatic nitrogens is 1. The molecule has 3 rings (SSSR count). The van der Waals surface area contributed by atoms with Gasteiger partial charge in [-0.15, -0.1) is 0 Å². The van der Waals surface area contributed by atoms with Gasteiger partial charge in [-0.3, -0.25) is 4.79 Å². The molecule has 3 heterocycles. The van der Waals surface area contributed by atoms with Crippen LogP contribution >= 0.6 is 11.6 Å². The van der Waals surface area contributed by atoms with E-state index in [-0.39, 0.29) is 11.9 Å². The Balaban J connectivity index is 1.91. The first kappa shape index (κ1) is 14.2. The highest BCUT2D eigenvalue weighted by Gasteiger charge is 2.33. The van der Waals surface area contributed by atoms with E-state index in [1.165, 1.54) is 6.08 Å². The maximum absolute atomic E-state index is 11.8. The average Bonchev–Trinajstić information content (AvgIpc) is 2.69. The van der Waals surface area contributed by atoms with Crippen LogP contribution in [0.15, 0.2) is 18.9 Å². The SMILES string of the molecule is C=CC(=O)N1CCN2c3ncc(Cl)c(C)c3OCC[C@@H]2C1. The number of piperazine rings is 1. The van der Waals surface area contributed by atoms with Gasteiger partial charge in [-0.25, -0.2) is 4.98 Å². The lowest BCUT2D eigenvalue weighted by atomic mass is 10.1. The summed E-state index contributed by atoms with van der Waals surface area (Å²) in [5, 5.41) is 0.618. The molecule has 2 aliphatic rings. The smallest absolute Gasteiger partial charge is 0.246 e. The van der Waals surface area contributed by atoms with Gasteiger partial charge in [0.2, 0.25) is 5.91 Å². The predicted octanol–water partition coefficient (Wildman–Crippen LogP) is 2.03. The van der Waals surface area contributed by atoms with Crippen LogP contribution < -0.4 is 9.64 Å². The normalized spacial score (nSPS) is 21.0. The van der Waals surface area contributed by atoms with Crippen molar-refractivity contribution in [2.45, 2.75) is 19.4 Å². The molecule has 0 saturated carbocycles. The molecule has 0 radical (unpaired) electrons. The topological polar surface area (TPSA) is 45.7 Å². The number of pyridine rings is 1. The molecule has 6 heteroatoms. The van der Waals surface area contributed by atoms with Gasteiger partial charge < -0.3 is 14.5 Å². The fourth-order valence-corrected chi connectivity index (χ4v) is 3.07. The second kappa shape index (κ2) is 5.56. The number of anilines is 1. The second-order valence-electron chi connectivity index (χ2n) is 5.36. The standard InChI is InChI=1S/C15H18ClN3O2/c1-3-13(20)18-5-6-19-11(9-18)4-7-21-14-10(2)12(16)8-17-15(14)19/h3,8,11H,1,4-7,9H2,2H3/t11-/m1/s1. The Labute approximate surface area is 129 Å². The summed E-state index contributed by atoms with van der Waals surface area (Å²) in [6.07, 6.45) is 3.90. The van der Waals surface area contributed by atoms with Crippen LogP contribution in [0.5, 0.6) is 5.75 Å². The van der Waals surface area contributed by atoms with E-state index in [1.54, 1.807) is 6.20 Å². The number of nitrogens with zero attached hydrogens (tertiary/aromatic N) is 3. The lowest BCUT2D eigenvalue weighted by Gasteiger charge is -2.40. The Morgan fingerprint density at radius 1 is 1.57 bits per heavy atom. The maximum atomic E-state index is 11.8. The molecule has 2 aliphatic heterocycles. The predicted molar refractivity (Wildman–Crippen MR) is 82.0 cm³/mol. The number of amides is 1. The summed E-state index contributed by atoms with van der Waals surface area (Å²) in [6, 6.07) is 0.219. The highest BCUT2D eigenvalue weighted by atomic mass is 35.5. The Morgan fingerprint density at radius 3 is 3.14 bits per heavy atom. The number of halogens is 1. The minimum absolute atomic E-state index is 0.0136. The summed E-state index contributed by atoms with van der Waals surface area (Å²) in [5.41, 5.74) is 0.923. The van der Waals surface area contributed by atoms with Crippen molar-refractivity contribution in [3.63, 3.8) is 0 Å². The molecular formula is C15H18ClN3O2.